The summed E-state index contributed by atoms with van der Waals surface area (Å²) >= 11 is 0. The van der Waals surface area contributed by atoms with E-state index in [9.17, 15) is 4.79 Å². The van der Waals surface area contributed by atoms with Gasteiger partial charge in [0.05, 0.1) is 31.5 Å². The molecule has 1 amide bonds. The first-order valence-electron chi connectivity index (χ1n) is 7.84. The van der Waals surface area contributed by atoms with Gasteiger partial charge in [-0.05, 0) is 55.7 Å². The number of rotatable bonds is 6. The highest BCUT2D eigenvalue weighted by atomic mass is 16.5. The number of methoxy groups -OCH3 is 1. The fourth-order valence-electron chi connectivity index (χ4n) is 2.39. The number of anilines is 2. The van der Waals surface area contributed by atoms with Crippen molar-refractivity contribution in [3.05, 3.63) is 47.0 Å². The van der Waals surface area contributed by atoms with Gasteiger partial charge in [-0.1, -0.05) is 6.07 Å². The number of hydrogen-bond donors (Lipinski definition) is 2. The van der Waals surface area contributed by atoms with Gasteiger partial charge >= 0.3 is 0 Å². The zero-order chi connectivity index (χ0) is 17.7. The Morgan fingerprint density at radius 1 is 1.17 bits per heavy atom. The number of hydrogen-bond acceptors (Lipinski definition) is 4. The van der Waals surface area contributed by atoms with Gasteiger partial charge in [0, 0.05) is 6.07 Å². The molecule has 0 atom stereocenters. The molecule has 3 N–H and O–H groups in total. The van der Waals surface area contributed by atoms with E-state index in [0.29, 0.717) is 23.7 Å². The van der Waals surface area contributed by atoms with E-state index in [0.717, 1.165) is 16.9 Å². The largest absolute Gasteiger partial charge is 0.497 e. The smallest absolute Gasteiger partial charge is 0.227 e. The quantitative estimate of drug-likeness (QED) is 0.795. The van der Waals surface area contributed by atoms with Gasteiger partial charge in [0.2, 0.25) is 5.91 Å². The third-order valence-electron chi connectivity index (χ3n) is 3.89. The minimum atomic E-state index is -0.156. The molecule has 2 aromatic carbocycles. The highest BCUT2D eigenvalue weighted by molar-refractivity contribution is 5.94. The van der Waals surface area contributed by atoms with Crippen LogP contribution >= 0.6 is 0 Å². The predicted molar refractivity (Wildman–Crippen MR) is 96.8 cm³/mol. The van der Waals surface area contributed by atoms with Crippen LogP contribution in [0.2, 0.25) is 0 Å². The number of carbonyl (C=O) groups is 1. The van der Waals surface area contributed by atoms with Gasteiger partial charge in [-0.3, -0.25) is 4.79 Å². The molecule has 128 valence electrons. The first kappa shape index (κ1) is 17.7. The van der Waals surface area contributed by atoms with Crippen molar-refractivity contribution < 1.29 is 14.3 Å². The first-order chi connectivity index (χ1) is 11.4. The molecule has 0 aromatic heterocycles. The summed E-state index contributed by atoms with van der Waals surface area (Å²) in [5.74, 6) is 1.31. The van der Waals surface area contributed by atoms with E-state index >= 15 is 0 Å². The Labute approximate surface area is 142 Å². The van der Waals surface area contributed by atoms with E-state index in [-0.39, 0.29) is 12.3 Å². The second kappa shape index (κ2) is 7.73. The molecule has 0 aliphatic rings. The average molecular weight is 328 g/mol. The van der Waals surface area contributed by atoms with E-state index in [1.165, 1.54) is 5.56 Å². The van der Waals surface area contributed by atoms with Gasteiger partial charge < -0.3 is 20.5 Å². The molecule has 0 saturated heterocycles. The van der Waals surface area contributed by atoms with Gasteiger partial charge in [-0.15, -0.1) is 0 Å². The zero-order valence-electron chi connectivity index (χ0n) is 14.6. The molecule has 0 fully saturated rings. The number of nitrogen functional groups attached to an aromatic ring is 1. The molecule has 0 aliphatic carbocycles. The highest BCUT2D eigenvalue weighted by Crippen LogP contribution is 2.25. The summed E-state index contributed by atoms with van der Waals surface area (Å²) < 4.78 is 10.9. The molecule has 0 heterocycles. The molecule has 2 rings (SSSR count). The van der Waals surface area contributed by atoms with Crippen LogP contribution in [0.5, 0.6) is 11.5 Å². The first-order valence-corrected chi connectivity index (χ1v) is 7.84. The van der Waals surface area contributed by atoms with Gasteiger partial charge in [0.15, 0.2) is 0 Å². The number of ether oxygens (including phenoxy) is 2. The molecule has 5 heteroatoms. The third kappa shape index (κ3) is 4.41. The maximum Gasteiger partial charge on any atom is 0.227 e. The van der Waals surface area contributed by atoms with Crippen LogP contribution < -0.4 is 20.5 Å². The average Bonchev–Trinajstić information content (AvgIpc) is 2.54. The van der Waals surface area contributed by atoms with Crippen LogP contribution in [-0.2, 0) is 4.79 Å². The van der Waals surface area contributed by atoms with E-state index in [2.05, 4.69) is 11.4 Å². The molecular formula is C19H24N2O3. The summed E-state index contributed by atoms with van der Waals surface area (Å²) in [6, 6.07) is 9.24. The Bertz CT molecular complexity index is 742. The molecule has 0 bridgehead atoms. The lowest BCUT2D eigenvalue weighted by Crippen LogP contribution is -2.16. The van der Waals surface area contributed by atoms with Gasteiger partial charge in [-0.25, -0.2) is 0 Å². The van der Waals surface area contributed by atoms with Crippen molar-refractivity contribution in [1.29, 1.82) is 0 Å². The van der Waals surface area contributed by atoms with Crippen LogP contribution in [0.4, 0.5) is 11.4 Å². The third-order valence-corrected chi connectivity index (χ3v) is 3.89. The lowest BCUT2D eigenvalue weighted by molar-refractivity contribution is -0.116. The molecule has 24 heavy (non-hydrogen) atoms. The van der Waals surface area contributed by atoms with Crippen molar-refractivity contribution in [3.63, 3.8) is 0 Å². The number of nitrogens with one attached hydrogen (secondary N) is 1. The summed E-state index contributed by atoms with van der Waals surface area (Å²) in [6.45, 7) is 6.39. The van der Waals surface area contributed by atoms with Gasteiger partial charge in [0.25, 0.3) is 0 Å². The Balaban J connectivity index is 1.92. The van der Waals surface area contributed by atoms with E-state index in [1.54, 1.807) is 25.3 Å². The van der Waals surface area contributed by atoms with Crippen LogP contribution in [0.3, 0.4) is 0 Å². The maximum absolute atomic E-state index is 12.1. The number of aryl methyl sites for hydroxylation is 2. The van der Waals surface area contributed by atoms with Gasteiger partial charge in [-0.2, -0.15) is 0 Å². The summed E-state index contributed by atoms with van der Waals surface area (Å²) in [5, 5.41) is 2.78. The second-order valence-corrected chi connectivity index (χ2v) is 5.80. The topological polar surface area (TPSA) is 73.6 Å². The molecule has 0 spiro atoms. The monoisotopic (exact) mass is 328 g/mol. The minimum absolute atomic E-state index is 0.156. The Morgan fingerprint density at radius 2 is 1.92 bits per heavy atom. The predicted octanol–water partition coefficient (Wildman–Crippen LogP) is 3.61. The van der Waals surface area contributed by atoms with Crippen molar-refractivity contribution in [2.24, 2.45) is 0 Å². The fourth-order valence-corrected chi connectivity index (χ4v) is 2.39. The van der Waals surface area contributed by atoms with Crippen LogP contribution in [0, 0.1) is 20.8 Å². The number of amides is 1. The summed E-state index contributed by atoms with van der Waals surface area (Å²) in [6.07, 6.45) is 0.239. The summed E-state index contributed by atoms with van der Waals surface area (Å²) in [5.41, 5.74) is 10.3. The SMILES string of the molecule is COc1ccc(N)c(NC(=O)CCOc2cc(C)cc(C)c2C)c1. The van der Waals surface area contributed by atoms with Gasteiger partial charge in [0.1, 0.15) is 11.5 Å². The van der Waals surface area contributed by atoms with E-state index < -0.39 is 0 Å². The summed E-state index contributed by atoms with van der Waals surface area (Å²) in [4.78, 5) is 12.1. The minimum Gasteiger partial charge on any atom is -0.497 e. The number of benzene rings is 2. The highest BCUT2D eigenvalue weighted by Gasteiger charge is 2.09. The lowest BCUT2D eigenvalue weighted by atomic mass is 10.1. The molecule has 0 unspecified atom stereocenters. The van der Waals surface area contributed by atoms with Crippen molar-refractivity contribution in [2.45, 2.75) is 27.2 Å². The Kier molecular flexibility index (Phi) is 5.68. The van der Waals surface area contributed by atoms with Crippen LogP contribution in [0.1, 0.15) is 23.1 Å². The zero-order valence-corrected chi connectivity index (χ0v) is 14.6. The van der Waals surface area contributed by atoms with Crippen molar-refractivity contribution in [1.82, 2.24) is 0 Å². The van der Waals surface area contributed by atoms with Crippen LogP contribution in [0.25, 0.3) is 0 Å². The lowest BCUT2D eigenvalue weighted by Gasteiger charge is -2.13. The Morgan fingerprint density at radius 3 is 2.62 bits per heavy atom. The standard InChI is InChI=1S/C19H24N2O3/c1-12-9-13(2)14(3)18(10-12)24-8-7-19(22)21-17-11-15(23-4)5-6-16(17)20/h5-6,9-11H,7-8,20H2,1-4H3,(H,21,22). The number of nitrogens with two attached hydrogens (primary N) is 1. The number of carbonyl (C=O) groups excluding carboxylic acids is 1. The Hall–Kier alpha value is -2.69. The van der Waals surface area contributed by atoms with E-state index in [1.807, 2.05) is 26.8 Å². The molecular weight excluding hydrogens is 304 g/mol. The molecule has 0 aliphatic heterocycles. The van der Waals surface area contributed by atoms with Crippen LogP contribution in [-0.4, -0.2) is 19.6 Å². The fraction of sp³-hybridized carbons (Fsp3) is 0.316. The van der Waals surface area contributed by atoms with E-state index in [4.69, 9.17) is 15.2 Å². The summed E-state index contributed by atoms with van der Waals surface area (Å²) in [7, 11) is 1.57. The second-order valence-electron chi connectivity index (χ2n) is 5.80. The van der Waals surface area contributed by atoms with Crippen LogP contribution in [0.15, 0.2) is 30.3 Å². The maximum atomic E-state index is 12.1. The van der Waals surface area contributed by atoms with Crippen molar-refractivity contribution in [3.8, 4) is 11.5 Å². The molecule has 0 radical (unpaired) electrons. The molecule has 2 aromatic rings. The molecule has 5 nitrogen and oxygen atoms in total. The normalized spacial score (nSPS) is 10.3. The molecule has 0 saturated carbocycles. The van der Waals surface area contributed by atoms with Crippen molar-refractivity contribution >= 4 is 17.3 Å². The van der Waals surface area contributed by atoms with Crippen molar-refractivity contribution in [2.75, 3.05) is 24.8 Å².